The number of hydrogen-bond donors (Lipinski definition) is 1. The highest BCUT2D eigenvalue weighted by Gasteiger charge is 2.55. The van der Waals surface area contributed by atoms with Crippen molar-refractivity contribution in [2.45, 2.75) is 44.3 Å². The van der Waals surface area contributed by atoms with Gasteiger partial charge in [-0.2, -0.15) is 5.10 Å². The van der Waals surface area contributed by atoms with Crippen LogP contribution in [0.15, 0.2) is 77.6 Å². The third-order valence-corrected chi connectivity index (χ3v) is 11.8. The van der Waals surface area contributed by atoms with E-state index in [1.165, 1.54) is 6.07 Å². The lowest BCUT2D eigenvalue weighted by atomic mass is 9.65. The summed E-state index contributed by atoms with van der Waals surface area (Å²) in [6.07, 6.45) is 3.15. The molecule has 5 heterocycles. The fraction of sp³-hybridized carbons (Fsp3) is 0.439. The molecule has 0 spiro atoms. The van der Waals surface area contributed by atoms with Crippen LogP contribution in [0.1, 0.15) is 52.9 Å². The van der Waals surface area contributed by atoms with Gasteiger partial charge in [0.1, 0.15) is 12.4 Å². The lowest BCUT2D eigenvalue weighted by Crippen LogP contribution is -2.63. The fourth-order valence-electron chi connectivity index (χ4n) is 8.51. The predicted molar refractivity (Wildman–Crippen MR) is 198 cm³/mol. The smallest absolute Gasteiger partial charge is 0.410 e. The number of fused-ring (bicyclic) bond motifs is 4. The molecule has 1 aliphatic carbocycles. The van der Waals surface area contributed by atoms with Crippen molar-refractivity contribution in [2.75, 3.05) is 65.5 Å². The number of nitrogens with zero attached hydrogens (tertiary/aromatic N) is 5. The average molecular weight is 737 g/mol. The number of nitrogens with one attached hydrogen (secondary N) is 1. The van der Waals surface area contributed by atoms with E-state index < -0.39 is 17.1 Å². The Labute approximate surface area is 312 Å². The maximum atomic E-state index is 15.1. The summed E-state index contributed by atoms with van der Waals surface area (Å²) < 4.78 is 27.1. The fourth-order valence-corrected chi connectivity index (χ4v) is 8.51. The molecule has 1 N–H and O–H groups in total. The number of aromatic nitrogens is 2. The molecule has 3 amide bonds. The summed E-state index contributed by atoms with van der Waals surface area (Å²) >= 11 is 0. The standard InChI is InChI=1S/C41H45FN6O6/c42-34-11-10-30(25-35-31-8-4-5-9-32(31)36(49)44-43-35)24-33(34)37(50)46-20-22-47(23-21-46)38(51)40-12-14-41(15-13-40,54-28-40)27-45-16-18-48(19-17-45)39(52)53-26-29-6-2-1-3-7-29/h1-11,24H,12-23,25-28H2,(H,44,49). The number of benzene rings is 3. The van der Waals surface area contributed by atoms with Crippen LogP contribution in [0.4, 0.5) is 9.18 Å². The molecule has 13 heteroatoms. The van der Waals surface area contributed by atoms with Gasteiger partial charge in [0.2, 0.25) is 5.91 Å². The Bertz CT molecular complexity index is 2070. The first-order chi connectivity index (χ1) is 26.2. The van der Waals surface area contributed by atoms with E-state index in [-0.39, 0.29) is 35.3 Å². The van der Waals surface area contributed by atoms with Gasteiger partial charge in [-0.25, -0.2) is 14.3 Å². The third-order valence-electron chi connectivity index (χ3n) is 11.8. The second-order valence-corrected chi connectivity index (χ2v) is 15.2. The van der Waals surface area contributed by atoms with E-state index in [4.69, 9.17) is 9.47 Å². The van der Waals surface area contributed by atoms with Crippen molar-refractivity contribution in [3.63, 3.8) is 0 Å². The first kappa shape index (κ1) is 35.9. The second kappa shape index (κ2) is 14.9. The zero-order valence-electron chi connectivity index (χ0n) is 30.3. The van der Waals surface area contributed by atoms with Gasteiger partial charge in [0.05, 0.1) is 34.3 Å². The first-order valence-electron chi connectivity index (χ1n) is 18.9. The van der Waals surface area contributed by atoms with Crippen LogP contribution in [0, 0.1) is 11.2 Å². The van der Waals surface area contributed by atoms with Gasteiger partial charge in [-0.15, -0.1) is 0 Å². The Balaban J connectivity index is 0.815. The lowest BCUT2D eigenvalue weighted by molar-refractivity contribution is -0.203. The molecule has 1 saturated carbocycles. The molecule has 282 valence electrons. The molecule has 5 fully saturated rings. The van der Waals surface area contributed by atoms with E-state index in [9.17, 15) is 19.2 Å². The van der Waals surface area contributed by atoms with Gasteiger partial charge in [-0.1, -0.05) is 54.6 Å². The minimum atomic E-state index is -0.603. The summed E-state index contributed by atoms with van der Waals surface area (Å²) in [6.45, 7) is 5.50. The summed E-state index contributed by atoms with van der Waals surface area (Å²) in [6, 6.07) is 21.3. The van der Waals surface area contributed by atoms with Crippen molar-refractivity contribution in [2.24, 2.45) is 5.41 Å². The highest BCUT2D eigenvalue weighted by Crippen LogP contribution is 2.50. The number of rotatable bonds is 8. The Morgan fingerprint density at radius 3 is 2.15 bits per heavy atom. The molecular formula is C41H45FN6O6. The first-order valence-corrected chi connectivity index (χ1v) is 18.9. The molecule has 5 aliphatic rings. The third kappa shape index (κ3) is 7.22. The van der Waals surface area contributed by atoms with Gasteiger partial charge in [0.15, 0.2) is 0 Å². The maximum absolute atomic E-state index is 15.1. The Morgan fingerprint density at radius 1 is 0.778 bits per heavy atom. The molecule has 4 saturated heterocycles. The van der Waals surface area contributed by atoms with Crippen molar-refractivity contribution in [3.8, 4) is 0 Å². The summed E-state index contributed by atoms with van der Waals surface area (Å²) in [7, 11) is 0. The van der Waals surface area contributed by atoms with Crippen LogP contribution in [-0.2, 0) is 27.3 Å². The molecule has 12 nitrogen and oxygen atoms in total. The summed E-state index contributed by atoms with van der Waals surface area (Å²) in [4.78, 5) is 60.0. The van der Waals surface area contributed by atoms with Crippen LogP contribution in [-0.4, -0.2) is 119 Å². The van der Waals surface area contributed by atoms with Crippen molar-refractivity contribution in [1.82, 2.24) is 29.8 Å². The summed E-state index contributed by atoms with van der Waals surface area (Å²) in [5.74, 6) is -0.930. The SMILES string of the molecule is O=C(OCc1ccccc1)N1CCN(CC23CCC(C(=O)N4CCN(C(=O)c5cc(Cc6n[nH]c(=O)c7ccccc67)ccc5F)CC4)(CC2)CO3)CC1. The molecule has 9 rings (SSSR count). The Kier molecular flexibility index (Phi) is 9.93. The van der Waals surface area contributed by atoms with Crippen molar-refractivity contribution in [3.05, 3.63) is 111 Å². The van der Waals surface area contributed by atoms with Crippen molar-refractivity contribution < 1.29 is 28.2 Å². The Morgan fingerprint density at radius 2 is 1.44 bits per heavy atom. The predicted octanol–water partition coefficient (Wildman–Crippen LogP) is 4.22. The Hall–Kier alpha value is -5.14. The largest absolute Gasteiger partial charge is 0.445 e. The van der Waals surface area contributed by atoms with Crippen LogP contribution >= 0.6 is 0 Å². The zero-order valence-corrected chi connectivity index (χ0v) is 30.3. The van der Waals surface area contributed by atoms with Gasteiger partial charge in [0, 0.05) is 70.7 Å². The topological polar surface area (TPSA) is 128 Å². The quantitative estimate of drug-likeness (QED) is 0.285. The number of hydrogen-bond acceptors (Lipinski definition) is 8. The number of aromatic amines is 1. The number of amides is 3. The molecule has 0 radical (unpaired) electrons. The normalized spacial score (nSPS) is 23.1. The number of piperazine rings is 2. The van der Waals surface area contributed by atoms with Crippen LogP contribution in [0.3, 0.4) is 0 Å². The molecule has 0 unspecified atom stereocenters. The zero-order chi connectivity index (χ0) is 37.3. The minimum Gasteiger partial charge on any atom is -0.445 e. The maximum Gasteiger partial charge on any atom is 0.410 e. The van der Waals surface area contributed by atoms with Gasteiger partial charge < -0.3 is 24.2 Å². The summed E-state index contributed by atoms with van der Waals surface area (Å²) in [5.41, 5.74) is 1.14. The number of carbonyl (C=O) groups is 3. The van der Waals surface area contributed by atoms with E-state index in [0.29, 0.717) is 74.3 Å². The average Bonchev–Trinajstić information content (AvgIpc) is 3.22. The van der Waals surface area contributed by atoms with Gasteiger partial charge >= 0.3 is 6.09 Å². The molecule has 4 aliphatic heterocycles. The number of ether oxygens (including phenoxy) is 2. The lowest BCUT2D eigenvalue weighted by Gasteiger charge is -2.55. The van der Waals surface area contributed by atoms with E-state index >= 15 is 4.39 Å². The van der Waals surface area contributed by atoms with Gasteiger partial charge in [-0.3, -0.25) is 19.3 Å². The van der Waals surface area contributed by atoms with Crippen LogP contribution in [0.25, 0.3) is 10.8 Å². The number of carbonyl (C=O) groups excluding carboxylic acids is 3. The number of halogens is 1. The van der Waals surface area contributed by atoms with E-state index in [1.54, 1.807) is 34.1 Å². The number of H-pyrrole nitrogens is 1. The van der Waals surface area contributed by atoms with Crippen molar-refractivity contribution in [1.29, 1.82) is 0 Å². The molecule has 1 aromatic heterocycles. The van der Waals surface area contributed by atoms with Gasteiger partial charge in [-0.05, 0) is 55.0 Å². The molecular weight excluding hydrogens is 691 g/mol. The minimum absolute atomic E-state index is 0.0201. The van der Waals surface area contributed by atoms with Crippen molar-refractivity contribution >= 4 is 28.7 Å². The summed E-state index contributed by atoms with van der Waals surface area (Å²) in [5, 5.41) is 7.98. The molecule has 0 atom stereocenters. The molecule has 54 heavy (non-hydrogen) atoms. The molecule has 3 aromatic carbocycles. The van der Waals surface area contributed by atoms with Crippen LogP contribution < -0.4 is 5.56 Å². The van der Waals surface area contributed by atoms with Crippen LogP contribution in [0.2, 0.25) is 0 Å². The highest BCUT2D eigenvalue weighted by molar-refractivity contribution is 5.95. The monoisotopic (exact) mass is 736 g/mol. The molecule has 4 aromatic rings. The second-order valence-electron chi connectivity index (χ2n) is 15.2. The van der Waals surface area contributed by atoms with E-state index in [0.717, 1.165) is 50.9 Å². The van der Waals surface area contributed by atoms with Gasteiger partial charge in [0.25, 0.3) is 11.5 Å². The highest BCUT2D eigenvalue weighted by atomic mass is 19.1. The van der Waals surface area contributed by atoms with Crippen LogP contribution in [0.5, 0.6) is 0 Å². The van der Waals surface area contributed by atoms with E-state index in [1.807, 2.05) is 47.4 Å². The van der Waals surface area contributed by atoms with E-state index in [2.05, 4.69) is 15.1 Å². The molecule has 2 bridgehead atoms.